The van der Waals surface area contributed by atoms with Crippen molar-refractivity contribution in [1.29, 1.82) is 0 Å². The van der Waals surface area contributed by atoms with E-state index < -0.39 is 0 Å². The van der Waals surface area contributed by atoms with Gasteiger partial charge < -0.3 is 14.5 Å². The Kier molecular flexibility index (Phi) is 2.61. The zero-order valence-electron chi connectivity index (χ0n) is 8.80. The summed E-state index contributed by atoms with van der Waals surface area (Å²) >= 11 is 0. The van der Waals surface area contributed by atoms with Gasteiger partial charge in [-0.1, -0.05) is 0 Å². The average Bonchev–Trinajstić information content (AvgIpc) is 2.75. The van der Waals surface area contributed by atoms with E-state index in [1.54, 1.807) is 7.11 Å². The fourth-order valence-corrected chi connectivity index (χ4v) is 2.15. The van der Waals surface area contributed by atoms with Crippen molar-refractivity contribution >= 4 is 0 Å². The van der Waals surface area contributed by atoms with Gasteiger partial charge in [0.25, 0.3) is 0 Å². The predicted octanol–water partition coefficient (Wildman–Crippen LogP) is 1.81. The van der Waals surface area contributed by atoms with Gasteiger partial charge in [-0.05, 0) is 38.4 Å². The zero-order valence-corrected chi connectivity index (χ0v) is 8.80. The van der Waals surface area contributed by atoms with Crippen molar-refractivity contribution in [3.05, 3.63) is 23.7 Å². The molecule has 1 saturated heterocycles. The van der Waals surface area contributed by atoms with Gasteiger partial charge in [-0.15, -0.1) is 0 Å². The zero-order chi connectivity index (χ0) is 10.0. The molecular weight excluding hydrogens is 178 g/mol. The van der Waals surface area contributed by atoms with E-state index in [0.29, 0.717) is 6.61 Å². The molecule has 0 amide bonds. The Balaban J connectivity index is 2.26. The van der Waals surface area contributed by atoms with Gasteiger partial charge in [-0.3, -0.25) is 0 Å². The highest BCUT2D eigenvalue weighted by Gasteiger charge is 2.38. The first-order valence-electron chi connectivity index (χ1n) is 5.08. The van der Waals surface area contributed by atoms with Crippen molar-refractivity contribution in [2.24, 2.45) is 0 Å². The van der Waals surface area contributed by atoms with Crippen LogP contribution >= 0.6 is 0 Å². The van der Waals surface area contributed by atoms with Crippen LogP contribution < -0.4 is 5.32 Å². The van der Waals surface area contributed by atoms with Gasteiger partial charge in [-0.2, -0.15) is 0 Å². The lowest BCUT2D eigenvalue weighted by Gasteiger charge is -2.26. The first-order valence-corrected chi connectivity index (χ1v) is 5.08. The molecule has 1 aromatic heterocycles. The summed E-state index contributed by atoms with van der Waals surface area (Å²) in [4.78, 5) is 0. The molecule has 0 bridgehead atoms. The fraction of sp³-hybridized carbons (Fsp3) is 0.636. The van der Waals surface area contributed by atoms with Gasteiger partial charge in [0.15, 0.2) is 0 Å². The Bertz CT molecular complexity index is 300. The number of rotatable bonds is 3. The molecule has 2 heterocycles. The van der Waals surface area contributed by atoms with Crippen LogP contribution in [0.4, 0.5) is 0 Å². The van der Waals surface area contributed by atoms with E-state index in [-0.39, 0.29) is 5.54 Å². The molecule has 1 fully saturated rings. The number of nitrogens with one attached hydrogen (secondary N) is 1. The van der Waals surface area contributed by atoms with Crippen LogP contribution in [0.3, 0.4) is 0 Å². The molecule has 3 heteroatoms. The Morgan fingerprint density at radius 3 is 2.93 bits per heavy atom. The molecule has 1 unspecified atom stereocenters. The summed E-state index contributed by atoms with van der Waals surface area (Å²) in [6.45, 7) is 3.70. The maximum atomic E-state index is 5.68. The average molecular weight is 195 g/mol. The summed E-state index contributed by atoms with van der Waals surface area (Å²) in [5.74, 6) is 1.97. The Morgan fingerprint density at radius 1 is 1.57 bits per heavy atom. The maximum absolute atomic E-state index is 5.68. The Hall–Kier alpha value is -0.800. The number of furan rings is 1. The quantitative estimate of drug-likeness (QED) is 0.798. The van der Waals surface area contributed by atoms with Crippen LogP contribution in [0.1, 0.15) is 24.4 Å². The second-order valence-electron chi connectivity index (χ2n) is 3.96. The molecule has 78 valence electrons. The van der Waals surface area contributed by atoms with Crippen molar-refractivity contribution in [2.75, 3.05) is 20.3 Å². The van der Waals surface area contributed by atoms with E-state index in [9.17, 15) is 0 Å². The van der Waals surface area contributed by atoms with Crippen LogP contribution in [-0.2, 0) is 10.3 Å². The molecule has 1 aromatic rings. The second kappa shape index (κ2) is 3.75. The second-order valence-corrected chi connectivity index (χ2v) is 3.96. The summed E-state index contributed by atoms with van der Waals surface area (Å²) in [5, 5.41) is 3.48. The van der Waals surface area contributed by atoms with Crippen LogP contribution in [0.15, 0.2) is 16.5 Å². The molecular formula is C11H17NO2. The van der Waals surface area contributed by atoms with E-state index in [2.05, 4.69) is 5.32 Å². The molecule has 1 N–H and O–H groups in total. The van der Waals surface area contributed by atoms with Gasteiger partial charge >= 0.3 is 0 Å². The third-order valence-electron chi connectivity index (χ3n) is 2.85. The third kappa shape index (κ3) is 1.57. The highest BCUT2D eigenvalue weighted by Crippen LogP contribution is 2.32. The molecule has 0 spiro atoms. The monoisotopic (exact) mass is 195 g/mol. The van der Waals surface area contributed by atoms with Crippen LogP contribution in [-0.4, -0.2) is 20.3 Å². The van der Waals surface area contributed by atoms with Gasteiger partial charge in [0.1, 0.15) is 17.1 Å². The van der Waals surface area contributed by atoms with E-state index in [4.69, 9.17) is 9.15 Å². The van der Waals surface area contributed by atoms with Crippen LogP contribution in [0, 0.1) is 6.92 Å². The summed E-state index contributed by atoms with van der Waals surface area (Å²) < 4.78 is 11.0. The Morgan fingerprint density at radius 2 is 2.43 bits per heavy atom. The van der Waals surface area contributed by atoms with E-state index in [0.717, 1.165) is 24.5 Å². The fourth-order valence-electron chi connectivity index (χ4n) is 2.15. The minimum Gasteiger partial charge on any atom is -0.464 e. The number of hydrogen-bond acceptors (Lipinski definition) is 3. The SMILES string of the molecule is COCC1(c2ccc(C)o2)CCCN1. The van der Waals surface area contributed by atoms with Crippen LogP contribution in [0.5, 0.6) is 0 Å². The van der Waals surface area contributed by atoms with Crippen molar-refractivity contribution in [1.82, 2.24) is 5.32 Å². The third-order valence-corrected chi connectivity index (χ3v) is 2.85. The van der Waals surface area contributed by atoms with Gasteiger partial charge in [0, 0.05) is 7.11 Å². The number of hydrogen-bond donors (Lipinski definition) is 1. The summed E-state index contributed by atoms with van der Waals surface area (Å²) in [6.07, 6.45) is 2.27. The van der Waals surface area contributed by atoms with Crippen molar-refractivity contribution < 1.29 is 9.15 Å². The van der Waals surface area contributed by atoms with Crippen LogP contribution in [0.25, 0.3) is 0 Å². The normalized spacial score (nSPS) is 27.0. The molecule has 0 saturated carbocycles. The van der Waals surface area contributed by atoms with Crippen molar-refractivity contribution in [3.63, 3.8) is 0 Å². The maximum Gasteiger partial charge on any atom is 0.126 e. The lowest BCUT2D eigenvalue weighted by atomic mass is 9.95. The molecule has 2 rings (SSSR count). The van der Waals surface area contributed by atoms with Crippen molar-refractivity contribution in [2.45, 2.75) is 25.3 Å². The lowest BCUT2D eigenvalue weighted by Crippen LogP contribution is -2.40. The smallest absolute Gasteiger partial charge is 0.126 e. The topological polar surface area (TPSA) is 34.4 Å². The minimum absolute atomic E-state index is 0.0803. The van der Waals surface area contributed by atoms with E-state index in [1.807, 2.05) is 19.1 Å². The van der Waals surface area contributed by atoms with Crippen molar-refractivity contribution in [3.8, 4) is 0 Å². The van der Waals surface area contributed by atoms with E-state index >= 15 is 0 Å². The largest absolute Gasteiger partial charge is 0.464 e. The molecule has 1 aliphatic heterocycles. The summed E-state index contributed by atoms with van der Waals surface area (Å²) in [7, 11) is 1.73. The van der Waals surface area contributed by atoms with Gasteiger partial charge in [0.05, 0.1) is 6.61 Å². The molecule has 3 nitrogen and oxygen atoms in total. The Labute approximate surface area is 84.4 Å². The summed E-state index contributed by atoms with van der Waals surface area (Å²) in [6, 6.07) is 4.05. The van der Waals surface area contributed by atoms with Gasteiger partial charge in [0.2, 0.25) is 0 Å². The van der Waals surface area contributed by atoms with Gasteiger partial charge in [-0.25, -0.2) is 0 Å². The predicted molar refractivity (Wildman–Crippen MR) is 54.2 cm³/mol. The summed E-state index contributed by atoms with van der Waals surface area (Å²) in [5.41, 5.74) is -0.0803. The van der Waals surface area contributed by atoms with Crippen LogP contribution in [0.2, 0.25) is 0 Å². The number of ether oxygens (including phenoxy) is 1. The highest BCUT2D eigenvalue weighted by molar-refractivity contribution is 5.17. The van der Waals surface area contributed by atoms with E-state index in [1.165, 1.54) is 6.42 Å². The molecule has 0 aromatic carbocycles. The highest BCUT2D eigenvalue weighted by atomic mass is 16.5. The molecule has 0 radical (unpaired) electrons. The molecule has 0 aliphatic carbocycles. The first kappa shape index (κ1) is 9.74. The lowest BCUT2D eigenvalue weighted by molar-refractivity contribution is 0.105. The number of methoxy groups -OCH3 is 1. The minimum atomic E-state index is -0.0803. The first-order chi connectivity index (χ1) is 6.77. The molecule has 14 heavy (non-hydrogen) atoms. The number of aryl methyl sites for hydroxylation is 1. The molecule has 1 atom stereocenters. The standard InChI is InChI=1S/C11H17NO2/c1-9-4-5-10(14-9)11(8-13-2)6-3-7-12-11/h4-5,12H,3,6-8H2,1-2H3. The molecule has 1 aliphatic rings.